The van der Waals surface area contributed by atoms with E-state index in [1.54, 1.807) is 15.8 Å². The lowest BCUT2D eigenvalue weighted by molar-refractivity contribution is 0.0932. The molecule has 3 amide bonds. The predicted octanol–water partition coefficient (Wildman–Crippen LogP) is 3.61. The second kappa shape index (κ2) is 9.04. The van der Waals surface area contributed by atoms with E-state index in [0.717, 1.165) is 44.1 Å². The summed E-state index contributed by atoms with van der Waals surface area (Å²) in [5, 5.41) is 14.6. The summed E-state index contributed by atoms with van der Waals surface area (Å²) < 4.78 is 1.65. The molecule has 2 fully saturated rings. The topological polar surface area (TPSA) is 92.2 Å². The summed E-state index contributed by atoms with van der Waals surface area (Å²) in [6.07, 6.45) is 7.82. The molecule has 2 aromatic rings. The summed E-state index contributed by atoms with van der Waals surface area (Å²) in [6.45, 7) is 3.12. The number of carbonyl (C=O) groups excluding carboxylic acids is 2. The van der Waals surface area contributed by atoms with Crippen LogP contribution in [0.15, 0.2) is 24.4 Å². The van der Waals surface area contributed by atoms with Crippen LogP contribution in [0.25, 0.3) is 0 Å². The highest BCUT2D eigenvalue weighted by molar-refractivity contribution is 6.33. The Kier molecular flexibility index (Phi) is 6.22. The number of aromatic nitrogens is 3. The number of likely N-dealkylation sites (tertiary alicyclic amines) is 1. The predicted molar refractivity (Wildman–Crippen MR) is 115 cm³/mol. The Morgan fingerprint density at radius 3 is 2.77 bits per heavy atom. The van der Waals surface area contributed by atoms with Gasteiger partial charge in [0.05, 0.1) is 29.5 Å². The van der Waals surface area contributed by atoms with Crippen molar-refractivity contribution in [3.8, 4) is 0 Å². The SMILES string of the molecule is Cc1ccc(NC(=O)N2CCC[C@H]2Cn2cc(C(=O)NC3CCCC3)nn2)c(Cl)c1. The molecule has 0 unspecified atom stereocenters. The molecular weight excluding hydrogens is 404 g/mol. The maximum Gasteiger partial charge on any atom is 0.322 e. The van der Waals surface area contributed by atoms with E-state index in [-0.39, 0.29) is 24.0 Å². The number of carbonyl (C=O) groups is 2. The number of anilines is 1. The van der Waals surface area contributed by atoms with Gasteiger partial charge in [-0.2, -0.15) is 0 Å². The number of nitrogens with one attached hydrogen (secondary N) is 2. The molecule has 30 heavy (non-hydrogen) atoms. The quantitative estimate of drug-likeness (QED) is 0.757. The molecule has 9 heteroatoms. The Hall–Kier alpha value is -2.61. The van der Waals surface area contributed by atoms with Crippen molar-refractivity contribution in [1.29, 1.82) is 0 Å². The second-order valence-electron chi connectivity index (χ2n) is 8.18. The van der Waals surface area contributed by atoms with Crippen molar-refractivity contribution in [3.05, 3.63) is 40.7 Å². The first-order valence-electron chi connectivity index (χ1n) is 10.5. The number of benzene rings is 1. The highest BCUT2D eigenvalue weighted by Gasteiger charge is 2.30. The van der Waals surface area contributed by atoms with Gasteiger partial charge in [0.1, 0.15) is 0 Å². The first-order chi connectivity index (χ1) is 14.5. The minimum absolute atomic E-state index is 0.0123. The summed E-state index contributed by atoms with van der Waals surface area (Å²) in [7, 11) is 0. The molecule has 1 aliphatic heterocycles. The molecule has 8 nitrogen and oxygen atoms in total. The number of hydrogen-bond acceptors (Lipinski definition) is 4. The third-order valence-electron chi connectivity index (χ3n) is 5.86. The zero-order chi connectivity index (χ0) is 21.1. The fourth-order valence-electron chi connectivity index (χ4n) is 4.24. The number of rotatable bonds is 5. The van der Waals surface area contributed by atoms with Crippen LogP contribution in [0.3, 0.4) is 0 Å². The van der Waals surface area contributed by atoms with E-state index >= 15 is 0 Å². The van der Waals surface area contributed by atoms with Crippen molar-refractivity contribution in [2.75, 3.05) is 11.9 Å². The van der Waals surface area contributed by atoms with E-state index in [1.807, 2.05) is 25.1 Å². The smallest absolute Gasteiger partial charge is 0.322 e. The molecule has 4 rings (SSSR count). The Balaban J connectivity index is 1.36. The first kappa shape index (κ1) is 20.7. The van der Waals surface area contributed by atoms with Gasteiger partial charge in [0.25, 0.3) is 5.91 Å². The number of halogens is 1. The molecule has 1 aromatic carbocycles. The van der Waals surface area contributed by atoms with Crippen LogP contribution >= 0.6 is 11.6 Å². The van der Waals surface area contributed by atoms with Gasteiger partial charge in [0.2, 0.25) is 0 Å². The molecule has 2 aliphatic rings. The van der Waals surface area contributed by atoms with Crippen LogP contribution < -0.4 is 10.6 Å². The van der Waals surface area contributed by atoms with Crippen LogP contribution in [0.2, 0.25) is 5.02 Å². The molecule has 2 N–H and O–H groups in total. The maximum absolute atomic E-state index is 12.8. The Labute approximate surface area is 181 Å². The minimum Gasteiger partial charge on any atom is -0.348 e. The molecule has 1 aromatic heterocycles. The summed E-state index contributed by atoms with van der Waals surface area (Å²) in [5.41, 5.74) is 1.96. The zero-order valence-corrected chi connectivity index (χ0v) is 17.9. The van der Waals surface area contributed by atoms with E-state index in [4.69, 9.17) is 11.6 Å². The van der Waals surface area contributed by atoms with Gasteiger partial charge in [-0.05, 0) is 50.3 Å². The van der Waals surface area contributed by atoms with E-state index in [1.165, 1.54) is 0 Å². The largest absolute Gasteiger partial charge is 0.348 e. The molecule has 1 atom stereocenters. The van der Waals surface area contributed by atoms with Crippen molar-refractivity contribution in [1.82, 2.24) is 25.2 Å². The van der Waals surface area contributed by atoms with Gasteiger partial charge in [0.15, 0.2) is 5.69 Å². The van der Waals surface area contributed by atoms with Crippen LogP contribution in [0, 0.1) is 6.92 Å². The van der Waals surface area contributed by atoms with Crippen LogP contribution in [0.5, 0.6) is 0 Å². The Bertz CT molecular complexity index is 924. The van der Waals surface area contributed by atoms with Crippen molar-refractivity contribution in [2.24, 2.45) is 0 Å². The number of nitrogens with zero attached hydrogens (tertiary/aromatic N) is 4. The van der Waals surface area contributed by atoms with Gasteiger partial charge in [-0.3, -0.25) is 4.79 Å². The molecule has 1 saturated carbocycles. The van der Waals surface area contributed by atoms with Gasteiger partial charge in [-0.1, -0.05) is 35.7 Å². The van der Waals surface area contributed by atoms with Crippen LogP contribution in [-0.4, -0.2) is 50.5 Å². The standard InChI is InChI=1S/C21H27ClN6O2/c1-14-8-9-18(17(22)11-14)24-21(30)28-10-4-7-16(28)12-27-13-19(25-26-27)20(29)23-15-5-2-3-6-15/h8-9,11,13,15-16H,2-7,10,12H2,1H3,(H,23,29)(H,24,30)/t16-/m0/s1. The van der Waals surface area contributed by atoms with Gasteiger partial charge in [-0.25, -0.2) is 9.48 Å². The third-order valence-corrected chi connectivity index (χ3v) is 6.18. The van der Waals surface area contributed by atoms with E-state index in [9.17, 15) is 9.59 Å². The van der Waals surface area contributed by atoms with Crippen molar-refractivity contribution >= 4 is 29.2 Å². The molecule has 1 aliphatic carbocycles. The van der Waals surface area contributed by atoms with Crippen LogP contribution in [-0.2, 0) is 6.54 Å². The fraction of sp³-hybridized carbons (Fsp3) is 0.524. The number of urea groups is 1. The van der Waals surface area contributed by atoms with Crippen LogP contribution in [0.4, 0.5) is 10.5 Å². The monoisotopic (exact) mass is 430 g/mol. The zero-order valence-electron chi connectivity index (χ0n) is 17.1. The van der Waals surface area contributed by atoms with Crippen molar-refractivity contribution in [3.63, 3.8) is 0 Å². The van der Waals surface area contributed by atoms with Crippen molar-refractivity contribution in [2.45, 2.75) is 64.1 Å². The summed E-state index contributed by atoms with van der Waals surface area (Å²) >= 11 is 6.25. The first-order valence-corrected chi connectivity index (χ1v) is 10.9. The molecule has 1 saturated heterocycles. The van der Waals surface area contributed by atoms with Crippen LogP contribution in [0.1, 0.15) is 54.6 Å². The lowest BCUT2D eigenvalue weighted by Gasteiger charge is -2.25. The van der Waals surface area contributed by atoms with Crippen molar-refractivity contribution < 1.29 is 9.59 Å². The lowest BCUT2D eigenvalue weighted by Crippen LogP contribution is -2.41. The normalized spacial score (nSPS) is 19.3. The van der Waals surface area contributed by atoms with Gasteiger partial charge >= 0.3 is 6.03 Å². The Morgan fingerprint density at radius 1 is 1.20 bits per heavy atom. The third kappa shape index (κ3) is 4.75. The molecule has 2 heterocycles. The second-order valence-corrected chi connectivity index (χ2v) is 8.59. The van der Waals surface area contributed by atoms with E-state index in [0.29, 0.717) is 29.5 Å². The van der Waals surface area contributed by atoms with E-state index in [2.05, 4.69) is 20.9 Å². The van der Waals surface area contributed by atoms with E-state index < -0.39 is 0 Å². The lowest BCUT2D eigenvalue weighted by atomic mass is 10.2. The average Bonchev–Trinajstić information content (AvgIpc) is 3.46. The summed E-state index contributed by atoms with van der Waals surface area (Å²) in [6, 6.07) is 5.60. The average molecular weight is 431 g/mol. The van der Waals surface area contributed by atoms with Gasteiger partial charge in [-0.15, -0.1) is 5.10 Å². The number of hydrogen-bond donors (Lipinski definition) is 2. The molecular formula is C21H27ClN6O2. The Morgan fingerprint density at radius 2 is 2.00 bits per heavy atom. The number of amides is 3. The molecule has 0 spiro atoms. The molecule has 0 bridgehead atoms. The fourth-order valence-corrected chi connectivity index (χ4v) is 4.52. The molecule has 160 valence electrons. The summed E-state index contributed by atoms with van der Waals surface area (Å²) in [5.74, 6) is -0.178. The maximum atomic E-state index is 12.8. The van der Waals surface area contributed by atoms with Gasteiger partial charge < -0.3 is 15.5 Å². The van der Waals surface area contributed by atoms with Gasteiger partial charge in [0, 0.05) is 12.6 Å². The highest BCUT2D eigenvalue weighted by Crippen LogP contribution is 2.25. The number of aryl methyl sites for hydroxylation is 1. The highest BCUT2D eigenvalue weighted by atomic mass is 35.5. The summed E-state index contributed by atoms with van der Waals surface area (Å²) in [4.78, 5) is 27.0. The molecule has 0 radical (unpaired) electrons. The minimum atomic E-state index is -0.178.